The largest absolute Gasteiger partial charge is 0.422 e. The number of fused-ring (bicyclic) bond motifs is 3. The van der Waals surface area contributed by atoms with Gasteiger partial charge >= 0.3 is 12.4 Å². The number of unbranched alkanes of at least 4 members (excludes halogenated alkanes) is 3. The maximum Gasteiger partial charge on any atom is 0.422 e. The van der Waals surface area contributed by atoms with Crippen LogP contribution >= 0.6 is 0 Å². The topological polar surface area (TPSA) is 279 Å². The van der Waals surface area contributed by atoms with Gasteiger partial charge in [-0.1, -0.05) is 90.0 Å². The number of hydrogen-bond donors (Lipinski definition) is 3. The first-order chi connectivity index (χ1) is 51.7. The lowest BCUT2D eigenvalue weighted by Crippen LogP contribution is -2.68. The molecule has 5 aliphatic rings. The Hall–Kier alpha value is -8.78. The third-order valence-corrected chi connectivity index (χ3v) is 22.4. The van der Waals surface area contributed by atoms with Gasteiger partial charge in [0.2, 0.25) is 70.9 Å². The van der Waals surface area contributed by atoms with Gasteiger partial charge in [-0.15, -0.1) is 0 Å². The van der Waals surface area contributed by atoms with Crippen molar-refractivity contribution >= 4 is 70.9 Å². The molecule has 2 aromatic carbocycles. The quantitative estimate of drug-likeness (QED) is 0.0902. The molecule has 2 aromatic rings. The van der Waals surface area contributed by atoms with Crippen molar-refractivity contribution in [1.82, 2.24) is 60.0 Å². The number of alkyl halides is 6. The molecule has 1 spiro atoms. The highest BCUT2D eigenvalue weighted by molar-refractivity contribution is 6.01. The summed E-state index contributed by atoms with van der Waals surface area (Å²) in [5, 5.41) is 8.31. The number of rotatable bonds is 16. The SMILES string of the molecule is CCCCCC[C@H]1C(=O)N[C@@H]([C@@H](C)CC)C(=O)N(C)CC(=O)N(C)[C@H]2C/C=C\CCN(C2=O)[C@@H](Cc2ccc(C(F)(F)F)cc2)C(=O)N(C)CC(=O)N[C@@H](CCc2cc(F)c(C(F)(F)F)c(F)c2)C(=O)N2C[C@H](OCC)C[C@H]2C(=O)NC2(CCC2)C(=O)N(C)[C@@H](C2CCCC2)C(=O)N(C)[C@H](C(=O)N(C)C)CC(=O)N1C. The Morgan fingerprint density at radius 3 is 1.86 bits per heavy atom. The molecule has 3 heterocycles. The van der Waals surface area contributed by atoms with E-state index in [1.165, 1.54) is 64.0 Å². The molecule has 0 radical (unpaired) electrons. The molecular weight excluding hydrogens is 1450 g/mol. The van der Waals surface area contributed by atoms with E-state index in [9.17, 15) is 50.3 Å². The third kappa shape index (κ3) is 21.5. The summed E-state index contributed by atoms with van der Waals surface area (Å²) in [6.07, 6.45) is -4.66. The van der Waals surface area contributed by atoms with Crippen molar-refractivity contribution < 1.29 is 97.4 Å². The number of carbonyl (C=O) groups excluding carboxylic acids is 12. The van der Waals surface area contributed by atoms with Gasteiger partial charge in [0.1, 0.15) is 71.1 Å². The monoisotopic (exact) mass is 1560 g/mol. The average Bonchev–Trinajstić information content (AvgIpc) is 1.17. The van der Waals surface area contributed by atoms with Gasteiger partial charge in [0.05, 0.1) is 31.2 Å². The zero-order valence-electron chi connectivity index (χ0n) is 65.0. The van der Waals surface area contributed by atoms with E-state index in [1.54, 1.807) is 32.9 Å². The van der Waals surface area contributed by atoms with E-state index in [4.69, 9.17) is 4.74 Å². The number of ether oxygens (including phenoxy) is 1. The predicted octanol–water partition coefficient (Wildman–Crippen LogP) is 6.66. The van der Waals surface area contributed by atoms with Crippen molar-refractivity contribution in [3.63, 3.8) is 0 Å². The van der Waals surface area contributed by atoms with Crippen LogP contribution in [0, 0.1) is 23.5 Å². The van der Waals surface area contributed by atoms with Crippen LogP contribution in [0.15, 0.2) is 48.6 Å². The Labute approximate surface area is 637 Å². The fourth-order valence-electron chi connectivity index (χ4n) is 15.4. The van der Waals surface area contributed by atoms with Crippen molar-refractivity contribution in [3.05, 3.63) is 82.4 Å². The molecule has 33 heteroatoms. The van der Waals surface area contributed by atoms with Gasteiger partial charge in [-0.2, -0.15) is 26.3 Å². The van der Waals surface area contributed by atoms with E-state index in [1.807, 2.05) is 6.92 Å². The Balaban J connectivity index is 1.35. The van der Waals surface area contributed by atoms with E-state index < -0.39 is 222 Å². The molecule has 0 unspecified atom stereocenters. The van der Waals surface area contributed by atoms with Crippen LogP contribution in [0.25, 0.3) is 0 Å². The minimum atomic E-state index is -5.46. The molecule has 0 aromatic heterocycles. The first kappa shape index (κ1) is 88.4. The molecule has 4 fully saturated rings. The molecule has 2 bridgehead atoms. The van der Waals surface area contributed by atoms with Gasteiger partial charge in [0, 0.05) is 88.9 Å². The molecule has 2 saturated heterocycles. The second kappa shape index (κ2) is 38.4. The van der Waals surface area contributed by atoms with Gasteiger partial charge in [0.25, 0.3) is 0 Å². The van der Waals surface area contributed by atoms with Crippen LogP contribution in [0.1, 0.15) is 166 Å². The van der Waals surface area contributed by atoms with Crippen molar-refractivity contribution in [2.45, 2.75) is 228 Å². The second-order valence-corrected chi connectivity index (χ2v) is 30.2. The number of nitrogens with zero attached hydrogens (tertiary/aromatic N) is 9. The van der Waals surface area contributed by atoms with Crippen LogP contribution < -0.4 is 16.0 Å². The highest BCUT2D eigenvalue weighted by atomic mass is 19.4. The number of aryl methyl sites for hydroxylation is 1. The normalized spacial score (nSPS) is 25.8. The molecule has 2 aliphatic carbocycles. The Morgan fingerprint density at radius 2 is 1.29 bits per heavy atom. The van der Waals surface area contributed by atoms with Gasteiger partial charge in [0.15, 0.2) is 0 Å². The lowest BCUT2D eigenvalue weighted by molar-refractivity contribution is -0.157. The summed E-state index contributed by atoms with van der Waals surface area (Å²) in [6.45, 7) is 4.94. The van der Waals surface area contributed by atoms with Crippen LogP contribution in [0.2, 0.25) is 0 Å². The number of benzene rings is 2. The Bertz CT molecular complexity index is 3660. The molecule has 610 valence electrons. The number of carbonyl (C=O) groups is 12. The molecular formula is C77H108F8N12O13. The van der Waals surface area contributed by atoms with Gasteiger partial charge in [-0.05, 0) is 118 Å². The van der Waals surface area contributed by atoms with Crippen molar-refractivity contribution in [1.29, 1.82) is 0 Å². The molecule has 12 amide bonds. The predicted molar refractivity (Wildman–Crippen MR) is 388 cm³/mol. The molecule has 2 saturated carbocycles. The minimum absolute atomic E-state index is 0.0360. The summed E-state index contributed by atoms with van der Waals surface area (Å²) in [6, 6.07) is -7.26. The maximum absolute atomic E-state index is 15.5. The summed E-state index contributed by atoms with van der Waals surface area (Å²) >= 11 is 0. The lowest BCUT2D eigenvalue weighted by atomic mass is 9.74. The molecule has 25 nitrogen and oxygen atoms in total. The fourth-order valence-corrected chi connectivity index (χ4v) is 15.4. The van der Waals surface area contributed by atoms with E-state index in [2.05, 4.69) is 16.0 Å². The standard InChI is InChI=1S/C77H108F8N12O13/c1-13-16-17-19-27-55-66(101)87-64(46(4)14-2)72(107)91(8)45-62(100)93(10)56-28-20-18-23-37-96(71(56)106)59(40-47-29-32-50(33-30-47)76(80,81)82)70(105)90(7)44-60(98)86-54(34-31-48-38-52(78)63(53(79)39-48)77(83,84)85)68(103)97-43-51(110-15-3)41-57(97)67(102)88-75(35-24-36-75)74(109)95(12)65(49-25-21-22-26-49)73(108)94(11)58(69(104)89(5)6)42-61(99)92(55)9/h18,20,29-30,32-33,38-39,46,49,51,54-59,64-65H,13-17,19,21-28,31,34-37,40-45H2,1-12H3,(H,86,98)(H,87,101)(H,88,102)/b20-18-/t46-,51+,54-,55-,56-,57-,58-,59-,64-,65-/m0/s1. The summed E-state index contributed by atoms with van der Waals surface area (Å²) in [4.78, 5) is 191. The maximum atomic E-state index is 15.5. The van der Waals surface area contributed by atoms with Gasteiger partial charge in [-0.25, -0.2) is 8.78 Å². The second-order valence-electron chi connectivity index (χ2n) is 30.2. The summed E-state index contributed by atoms with van der Waals surface area (Å²) in [7, 11) is 10.7. The van der Waals surface area contributed by atoms with Crippen LogP contribution in [-0.4, -0.2) is 264 Å². The third-order valence-electron chi connectivity index (χ3n) is 22.4. The molecule has 110 heavy (non-hydrogen) atoms. The van der Waals surface area contributed by atoms with Crippen molar-refractivity contribution in [3.8, 4) is 0 Å². The summed E-state index contributed by atoms with van der Waals surface area (Å²) < 4.78 is 120. The van der Waals surface area contributed by atoms with E-state index in [0.717, 1.165) is 73.6 Å². The first-order valence-corrected chi connectivity index (χ1v) is 38.0. The number of amides is 12. The molecule has 7 rings (SSSR count). The highest BCUT2D eigenvalue weighted by Crippen LogP contribution is 2.40. The van der Waals surface area contributed by atoms with Crippen molar-refractivity contribution in [2.24, 2.45) is 11.8 Å². The van der Waals surface area contributed by atoms with E-state index >= 15 is 42.3 Å². The smallest absolute Gasteiger partial charge is 0.377 e. The Morgan fingerprint density at radius 1 is 0.655 bits per heavy atom. The minimum Gasteiger partial charge on any atom is -0.377 e. The van der Waals surface area contributed by atoms with Gasteiger partial charge < -0.3 is 64.8 Å². The number of halogens is 8. The summed E-state index contributed by atoms with van der Waals surface area (Å²) in [5.74, 6) is -15.0. The molecule has 3 aliphatic heterocycles. The lowest BCUT2D eigenvalue weighted by Gasteiger charge is -2.46. The van der Waals surface area contributed by atoms with E-state index in [0.29, 0.717) is 63.5 Å². The first-order valence-electron chi connectivity index (χ1n) is 38.0. The van der Waals surface area contributed by atoms with Crippen molar-refractivity contribution in [2.75, 3.05) is 89.2 Å². The molecule has 10 atom stereocenters. The van der Waals surface area contributed by atoms with E-state index in [-0.39, 0.29) is 63.8 Å². The molecule has 3 N–H and O–H groups in total. The summed E-state index contributed by atoms with van der Waals surface area (Å²) in [5.41, 5.74) is -5.24. The van der Waals surface area contributed by atoms with Crippen LogP contribution in [-0.2, 0) is 87.5 Å². The van der Waals surface area contributed by atoms with Crippen LogP contribution in [0.5, 0.6) is 0 Å². The highest BCUT2D eigenvalue weighted by Gasteiger charge is 2.54. The number of hydrogen-bond acceptors (Lipinski definition) is 13. The van der Waals surface area contributed by atoms with Crippen LogP contribution in [0.3, 0.4) is 0 Å². The van der Waals surface area contributed by atoms with Crippen LogP contribution in [0.4, 0.5) is 35.1 Å². The number of likely N-dealkylation sites (N-methyl/N-ethyl adjacent to an activating group) is 7. The Kier molecular flexibility index (Phi) is 30.9. The van der Waals surface area contributed by atoms with Gasteiger partial charge in [-0.3, -0.25) is 57.5 Å². The zero-order chi connectivity index (χ0) is 81.6. The fraction of sp³-hybridized carbons (Fsp3) is 0.662. The number of nitrogens with one attached hydrogen (secondary N) is 3. The zero-order valence-corrected chi connectivity index (χ0v) is 65.0. The average molecular weight is 1560 g/mol.